The van der Waals surface area contributed by atoms with Crippen LogP contribution in [0.25, 0.3) is 0 Å². The Morgan fingerprint density at radius 3 is 2.65 bits per heavy atom. The average molecular weight is 300 g/mol. The van der Waals surface area contributed by atoms with Crippen LogP contribution in [0.5, 0.6) is 0 Å². The lowest BCUT2D eigenvalue weighted by atomic mass is 10.1. The molecule has 0 saturated heterocycles. The Hall–Kier alpha value is -0.810. The maximum absolute atomic E-state index is 11.4. The number of rotatable bonds is 10. The summed E-state index contributed by atoms with van der Waals surface area (Å²) >= 11 is 0. The van der Waals surface area contributed by atoms with Crippen LogP contribution in [0.1, 0.15) is 51.6 Å². The van der Waals surface area contributed by atoms with E-state index in [4.69, 9.17) is 0 Å². The monoisotopic (exact) mass is 300 g/mol. The third-order valence-corrected chi connectivity index (χ3v) is 5.33. The first-order chi connectivity index (χ1) is 9.52. The van der Waals surface area contributed by atoms with E-state index in [9.17, 15) is 8.42 Å². The summed E-state index contributed by atoms with van der Waals surface area (Å²) in [5.74, 6) is 0.519. The standard InChI is InChI=1S/C15H28N2O2S/c1-4-9-16-15(5-2)14-8-11-17(13-14)10-7-12-20(18,19)6-3/h8,11,13,15-16H,4-7,9-10,12H2,1-3H3. The van der Waals surface area contributed by atoms with Gasteiger partial charge in [-0.1, -0.05) is 20.8 Å². The summed E-state index contributed by atoms with van der Waals surface area (Å²) in [6.07, 6.45) is 7.06. The molecule has 1 rings (SSSR count). The van der Waals surface area contributed by atoms with Gasteiger partial charge in [0.25, 0.3) is 0 Å². The first kappa shape index (κ1) is 17.2. The summed E-state index contributed by atoms with van der Waals surface area (Å²) < 4.78 is 25.0. The molecule has 0 spiro atoms. The summed E-state index contributed by atoms with van der Waals surface area (Å²) in [4.78, 5) is 0. The molecule has 1 atom stereocenters. The highest BCUT2D eigenvalue weighted by atomic mass is 32.2. The van der Waals surface area contributed by atoms with Crippen molar-refractivity contribution < 1.29 is 8.42 Å². The van der Waals surface area contributed by atoms with Gasteiger partial charge in [-0.05, 0) is 37.4 Å². The molecule has 5 heteroatoms. The predicted molar refractivity (Wildman–Crippen MR) is 84.7 cm³/mol. The summed E-state index contributed by atoms with van der Waals surface area (Å²) in [6, 6.07) is 2.53. The number of sulfone groups is 1. The van der Waals surface area contributed by atoms with Crippen molar-refractivity contribution in [1.29, 1.82) is 0 Å². The Morgan fingerprint density at radius 2 is 2.05 bits per heavy atom. The van der Waals surface area contributed by atoms with E-state index in [1.54, 1.807) is 6.92 Å². The van der Waals surface area contributed by atoms with Gasteiger partial charge in [0, 0.05) is 30.7 Å². The van der Waals surface area contributed by atoms with E-state index >= 15 is 0 Å². The minimum atomic E-state index is -2.84. The lowest BCUT2D eigenvalue weighted by Gasteiger charge is -2.15. The van der Waals surface area contributed by atoms with Gasteiger partial charge in [0.2, 0.25) is 0 Å². The minimum absolute atomic E-state index is 0.239. The van der Waals surface area contributed by atoms with Crippen molar-refractivity contribution in [2.45, 2.75) is 52.6 Å². The molecule has 0 fully saturated rings. The number of aryl methyl sites for hydroxylation is 1. The first-order valence-electron chi connectivity index (χ1n) is 7.61. The van der Waals surface area contributed by atoms with Crippen molar-refractivity contribution in [2.24, 2.45) is 0 Å². The molecule has 1 aromatic rings. The zero-order chi connectivity index (χ0) is 15.0. The molecule has 0 aromatic carbocycles. The third-order valence-electron chi connectivity index (χ3n) is 3.54. The van der Waals surface area contributed by atoms with Gasteiger partial charge in [0.05, 0.1) is 5.75 Å². The van der Waals surface area contributed by atoms with E-state index in [0.29, 0.717) is 12.5 Å². The molecule has 116 valence electrons. The van der Waals surface area contributed by atoms with Gasteiger partial charge in [-0.25, -0.2) is 8.42 Å². The van der Waals surface area contributed by atoms with Gasteiger partial charge < -0.3 is 9.88 Å². The Bertz CT molecular complexity index is 480. The molecule has 1 aromatic heterocycles. The molecule has 0 radical (unpaired) electrons. The van der Waals surface area contributed by atoms with Crippen molar-refractivity contribution in [3.63, 3.8) is 0 Å². The molecule has 20 heavy (non-hydrogen) atoms. The largest absolute Gasteiger partial charge is 0.354 e. The normalized spacial score (nSPS) is 13.6. The van der Waals surface area contributed by atoms with Crippen molar-refractivity contribution in [3.8, 4) is 0 Å². The summed E-state index contributed by atoms with van der Waals surface area (Å²) in [5, 5.41) is 3.53. The smallest absolute Gasteiger partial charge is 0.150 e. The maximum Gasteiger partial charge on any atom is 0.150 e. The predicted octanol–water partition coefficient (Wildman–Crippen LogP) is 2.76. The summed E-state index contributed by atoms with van der Waals surface area (Å²) in [6.45, 7) is 7.84. The topological polar surface area (TPSA) is 51.1 Å². The highest BCUT2D eigenvalue weighted by Gasteiger charge is 2.10. The SMILES string of the molecule is CCCNC(CC)c1ccn(CCCS(=O)(=O)CC)c1. The molecule has 1 N–H and O–H groups in total. The molecule has 0 aliphatic carbocycles. The van der Waals surface area contributed by atoms with Gasteiger partial charge in [-0.15, -0.1) is 0 Å². The number of nitrogens with zero attached hydrogens (tertiary/aromatic N) is 1. The molecule has 0 aliphatic heterocycles. The Balaban J connectivity index is 2.50. The molecular weight excluding hydrogens is 272 g/mol. The number of hydrogen-bond donors (Lipinski definition) is 1. The van der Waals surface area contributed by atoms with Crippen LogP contribution in [0, 0.1) is 0 Å². The van der Waals surface area contributed by atoms with Gasteiger partial charge in [0.1, 0.15) is 9.84 Å². The lowest BCUT2D eigenvalue weighted by Crippen LogP contribution is -2.21. The molecule has 0 amide bonds. The maximum atomic E-state index is 11.4. The van der Waals surface area contributed by atoms with E-state index in [0.717, 1.165) is 25.9 Å². The molecule has 0 saturated carbocycles. The fraction of sp³-hybridized carbons (Fsp3) is 0.733. The summed E-state index contributed by atoms with van der Waals surface area (Å²) in [7, 11) is -2.84. The second kappa shape index (κ2) is 8.47. The number of hydrogen-bond acceptors (Lipinski definition) is 3. The Morgan fingerprint density at radius 1 is 1.30 bits per heavy atom. The van der Waals surface area contributed by atoms with Crippen LogP contribution in [-0.2, 0) is 16.4 Å². The molecule has 1 heterocycles. The fourth-order valence-corrected chi connectivity index (χ4v) is 3.09. The van der Waals surface area contributed by atoms with Crippen LogP contribution in [0.15, 0.2) is 18.5 Å². The van der Waals surface area contributed by atoms with Crippen LogP contribution < -0.4 is 5.32 Å². The van der Waals surface area contributed by atoms with Crippen LogP contribution in [-0.4, -0.2) is 31.0 Å². The van der Waals surface area contributed by atoms with E-state index < -0.39 is 9.84 Å². The van der Waals surface area contributed by atoms with E-state index in [1.807, 2.05) is 6.20 Å². The molecule has 4 nitrogen and oxygen atoms in total. The van der Waals surface area contributed by atoms with Crippen molar-refractivity contribution in [1.82, 2.24) is 9.88 Å². The van der Waals surface area contributed by atoms with Crippen molar-refractivity contribution in [2.75, 3.05) is 18.1 Å². The van der Waals surface area contributed by atoms with Gasteiger partial charge in [-0.3, -0.25) is 0 Å². The molecule has 0 aliphatic rings. The van der Waals surface area contributed by atoms with E-state index in [-0.39, 0.29) is 11.5 Å². The Kier molecular flexibility index (Phi) is 7.30. The van der Waals surface area contributed by atoms with E-state index in [2.05, 4.69) is 36.0 Å². The highest BCUT2D eigenvalue weighted by Crippen LogP contribution is 2.17. The average Bonchev–Trinajstić information content (AvgIpc) is 2.88. The molecular formula is C15H28N2O2S. The minimum Gasteiger partial charge on any atom is -0.354 e. The highest BCUT2D eigenvalue weighted by molar-refractivity contribution is 7.91. The molecule has 0 bridgehead atoms. The van der Waals surface area contributed by atoms with Crippen molar-refractivity contribution in [3.05, 3.63) is 24.0 Å². The van der Waals surface area contributed by atoms with E-state index in [1.165, 1.54) is 5.56 Å². The second-order valence-electron chi connectivity index (χ2n) is 5.19. The second-order valence-corrected chi connectivity index (χ2v) is 7.66. The van der Waals surface area contributed by atoms with Crippen LogP contribution in [0.3, 0.4) is 0 Å². The third kappa shape index (κ3) is 5.67. The van der Waals surface area contributed by atoms with Gasteiger partial charge >= 0.3 is 0 Å². The van der Waals surface area contributed by atoms with Gasteiger partial charge in [-0.2, -0.15) is 0 Å². The number of aromatic nitrogens is 1. The zero-order valence-corrected chi connectivity index (χ0v) is 13.7. The van der Waals surface area contributed by atoms with Crippen LogP contribution in [0.4, 0.5) is 0 Å². The van der Waals surface area contributed by atoms with Gasteiger partial charge in [0.15, 0.2) is 0 Å². The van der Waals surface area contributed by atoms with Crippen LogP contribution >= 0.6 is 0 Å². The quantitative estimate of drug-likeness (QED) is 0.723. The first-order valence-corrected chi connectivity index (χ1v) is 9.44. The zero-order valence-electron chi connectivity index (χ0n) is 12.9. The van der Waals surface area contributed by atoms with Crippen molar-refractivity contribution >= 4 is 9.84 Å². The molecule has 1 unspecified atom stereocenters. The summed E-state index contributed by atoms with van der Waals surface area (Å²) in [5.41, 5.74) is 1.29. The lowest BCUT2D eigenvalue weighted by molar-refractivity contribution is 0.517. The Labute approximate surface area is 123 Å². The number of nitrogens with one attached hydrogen (secondary N) is 1. The van der Waals surface area contributed by atoms with Crippen LogP contribution in [0.2, 0.25) is 0 Å². The fourth-order valence-electron chi connectivity index (χ4n) is 2.23.